The molecule has 1 N–H and O–H groups in total. The number of carbonyl (C=O) groups is 1. The monoisotopic (exact) mass is 360 g/mol. The normalized spacial score (nSPS) is 14.2. The van der Waals surface area contributed by atoms with Crippen LogP contribution in [0.25, 0.3) is 10.2 Å². The average molecular weight is 360 g/mol. The number of aromatic nitrogens is 3. The molecule has 0 spiro atoms. The van der Waals surface area contributed by atoms with E-state index in [0.717, 1.165) is 28.6 Å². The van der Waals surface area contributed by atoms with Gasteiger partial charge in [-0.05, 0) is 43.9 Å². The third kappa shape index (κ3) is 3.29. The smallest absolute Gasteiger partial charge is 0.277 e. The minimum atomic E-state index is -0.125. The predicted molar refractivity (Wildman–Crippen MR) is 94.7 cm³/mol. The SMILES string of the molecule is Cc1cc(C)c2nc(NC(=O)CSc3nnc(C4CC4)o3)sc2c1. The van der Waals surface area contributed by atoms with Gasteiger partial charge in [0.2, 0.25) is 11.8 Å². The number of amides is 1. The van der Waals surface area contributed by atoms with E-state index in [9.17, 15) is 4.79 Å². The summed E-state index contributed by atoms with van der Waals surface area (Å²) >= 11 is 2.74. The maximum absolute atomic E-state index is 12.1. The zero-order chi connectivity index (χ0) is 16.7. The number of carbonyl (C=O) groups excluding carboxylic acids is 1. The number of fused-ring (bicyclic) bond motifs is 1. The maximum atomic E-state index is 12.1. The van der Waals surface area contributed by atoms with Gasteiger partial charge in [-0.15, -0.1) is 10.2 Å². The van der Waals surface area contributed by atoms with Gasteiger partial charge >= 0.3 is 0 Å². The zero-order valence-electron chi connectivity index (χ0n) is 13.3. The predicted octanol–water partition coefficient (Wildman–Crippen LogP) is 3.90. The van der Waals surface area contributed by atoms with Gasteiger partial charge in [0.25, 0.3) is 5.22 Å². The molecule has 2 aromatic heterocycles. The van der Waals surface area contributed by atoms with Gasteiger partial charge in [0.15, 0.2) is 5.13 Å². The number of thioether (sulfide) groups is 1. The van der Waals surface area contributed by atoms with Crippen molar-refractivity contribution in [2.24, 2.45) is 0 Å². The van der Waals surface area contributed by atoms with Crippen molar-refractivity contribution in [2.75, 3.05) is 11.1 Å². The Morgan fingerprint density at radius 2 is 2.21 bits per heavy atom. The number of benzene rings is 1. The number of hydrogen-bond donors (Lipinski definition) is 1. The molecular formula is C16H16N4O2S2. The van der Waals surface area contributed by atoms with Gasteiger partial charge in [0.05, 0.1) is 16.0 Å². The molecule has 0 radical (unpaired) electrons. The number of anilines is 1. The fourth-order valence-corrected chi connectivity index (χ4v) is 4.11. The van der Waals surface area contributed by atoms with Crippen molar-refractivity contribution >= 4 is 44.4 Å². The third-order valence-corrected chi connectivity index (χ3v) is 5.49. The molecular weight excluding hydrogens is 344 g/mol. The molecule has 3 aromatic rings. The highest BCUT2D eigenvalue weighted by molar-refractivity contribution is 7.99. The van der Waals surface area contributed by atoms with Crippen molar-refractivity contribution in [1.29, 1.82) is 0 Å². The summed E-state index contributed by atoms with van der Waals surface area (Å²) in [6, 6.07) is 4.18. The Morgan fingerprint density at radius 1 is 1.38 bits per heavy atom. The lowest BCUT2D eigenvalue weighted by Crippen LogP contribution is -2.13. The minimum Gasteiger partial charge on any atom is -0.416 e. The summed E-state index contributed by atoms with van der Waals surface area (Å²) in [5.74, 6) is 1.21. The summed E-state index contributed by atoms with van der Waals surface area (Å²) in [4.78, 5) is 16.6. The van der Waals surface area contributed by atoms with E-state index in [4.69, 9.17) is 4.42 Å². The van der Waals surface area contributed by atoms with Crippen molar-refractivity contribution in [3.05, 3.63) is 29.2 Å². The van der Waals surface area contributed by atoms with Gasteiger partial charge in [-0.3, -0.25) is 4.79 Å². The quantitative estimate of drug-likeness (QED) is 0.695. The van der Waals surface area contributed by atoms with Gasteiger partial charge < -0.3 is 9.73 Å². The van der Waals surface area contributed by atoms with Crippen molar-refractivity contribution in [3.8, 4) is 0 Å². The molecule has 1 aliphatic carbocycles. The number of hydrogen-bond acceptors (Lipinski definition) is 7. The van der Waals surface area contributed by atoms with E-state index < -0.39 is 0 Å². The lowest BCUT2D eigenvalue weighted by Gasteiger charge is -1.98. The second-order valence-corrected chi connectivity index (χ2v) is 7.92. The first-order valence-electron chi connectivity index (χ1n) is 7.72. The summed E-state index contributed by atoms with van der Waals surface area (Å²) in [6.45, 7) is 4.09. The number of thiazole rings is 1. The van der Waals surface area contributed by atoms with Crippen LogP contribution in [0.3, 0.4) is 0 Å². The first-order valence-corrected chi connectivity index (χ1v) is 9.52. The van der Waals surface area contributed by atoms with E-state index in [0.29, 0.717) is 22.2 Å². The van der Waals surface area contributed by atoms with Crippen molar-refractivity contribution in [1.82, 2.24) is 15.2 Å². The molecule has 0 aliphatic heterocycles. The van der Waals surface area contributed by atoms with Crippen LogP contribution in [0.15, 0.2) is 21.8 Å². The van der Waals surface area contributed by atoms with Gasteiger partial charge in [0.1, 0.15) is 0 Å². The molecule has 124 valence electrons. The molecule has 1 saturated carbocycles. The van der Waals surface area contributed by atoms with E-state index >= 15 is 0 Å². The largest absolute Gasteiger partial charge is 0.416 e. The molecule has 4 rings (SSSR count). The van der Waals surface area contributed by atoms with Crippen LogP contribution >= 0.6 is 23.1 Å². The number of rotatable bonds is 5. The van der Waals surface area contributed by atoms with E-state index in [1.165, 1.54) is 28.7 Å². The molecule has 1 fully saturated rings. The molecule has 8 heteroatoms. The van der Waals surface area contributed by atoms with Gasteiger partial charge in [-0.2, -0.15) is 0 Å². The third-order valence-electron chi connectivity index (χ3n) is 3.75. The Labute approximate surface area is 147 Å². The van der Waals surface area contributed by atoms with Crippen LogP contribution < -0.4 is 5.32 Å². The fourth-order valence-electron chi connectivity index (χ4n) is 2.48. The number of nitrogens with one attached hydrogen (secondary N) is 1. The van der Waals surface area contributed by atoms with E-state index in [1.807, 2.05) is 6.92 Å². The summed E-state index contributed by atoms with van der Waals surface area (Å²) in [5.41, 5.74) is 3.26. The molecule has 1 aliphatic rings. The molecule has 0 bridgehead atoms. The second-order valence-electron chi connectivity index (χ2n) is 5.96. The lowest BCUT2D eigenvalue weighted by atomic mass is 10.1. The molecule has 0 atom stereocenters. The summed E-state index contributed by atoms with van der Waals surface area (Å²) in [6.07, 6.45) is 2.23. The molecule has 6 nitrogen and oxygen atoms in total. The Morgan fingerprint density at radius 3 is 3.00 bits per heavy atom. The molecule has 0 saturated heterocycles. The zero-order valence-corrected chi connectivity index (χ0v) is 15.0. The van der Waals surface area contributed by atoms with Crippen molar-refractivity contribution in [2.45, 2.75) is 37.8 Å². The van der Waals surface area contributed by atoms with Crippen LogP contribution in [0.2, 0.25) is 0 Å². The van der Waals surface area contributed by atoms with Gasteiger partial charge in [0, 0.05) is 5.92 Å². The summed E-state index contributed by atoms with van der Waals surface area (Å²) in [7, 11) is 0. The standard InChI is InChI=1S/C16H16N4O2S2/c1-8-5-9(2)13-11(6-8)24-15(18-13)17-12(21)7-23-16-20-19-14(22-16)10-3-4-10/h5-6,10H,3-4,7H2,1-2H3,(H,17,18,21). The Bertz CT molecular complexity index is 914. The molecule has 1 aromatic carbocycles. The minimum absolute atomic E-state index is 0.125. The topological polar surface area (TPSA) is 80.9 Å². The average Bonchev–Trinajstić information content (AvgIpc) is 3.13. The van der Waals surface area contributed by atoms with Crippen LogP contribution in [-0.2, 0) is 4.79 Å². The van der Waals surface area contributed by atoms with Gasteiger partial charge in [-0.1, -0.05) is 29.2 Å². The highest BCUT2D eigenvalue weighted by atomic mass is 32.2. The van der Waals surface area contributed by atoms with Crippen molar-refractivity contribution in [3.63, 3.8) is 0 Å². The van der Waals surface area contributed by atoms with Crippen LogP contribution in [-0.4, -0.2) is 26.8 Å². The van der Waals surface area contributed by atoms with Crippen LogP contribution in [0, 0.1) is 13.8 Å². The maximum Gasteiger partial charge on any atom is 0.277 e. The number of nitrogens with zero attached hydrogens (tertiary/aromatic N) is 3. The molecule has 1 amide bonds. The molecule has 0 unspecified atom stereocenters. The summed E-state index contributed by atoms with van der Waals surface area (Å²) < 4.78 is 6.62. The number of aryl methyl sites for hydroxylation is 2. The first-order chi connectivity index (χ1) is 11.6. The highest BCUT2D eigenvalue weighted by Crippen LogP contribution is 2.39. The molecule has 2 heterocycles. The first kappa shape index (κ1) is 15.6. The van der Waals surface area contributed by atoms with Crippen LogP contribution in [0.4, 0.5) is 5.13 Å². The van der Waals surface area contributed by atoms with Gasteiger partial charge in [-0.25, -0.2) is 4.98 Å². The molecule has 24 heavy (non-hydrogen) atoms. The second kappa shape index (κ2) is 6.18. The van der Waals surface area contributed by atoms with Crippen LogP contribution in [0.1, 0.15) is 35.8 Å². The summed E-state index contributed by atoms with van der Waals surface area (Å²) in [5, 5.41) is 11.9. The van der Waals surface area contributed by atoms with Crippen LogP contribution in [0.5, 0.6) is 0 Å². The Kier molecular flexibility index (Phi) is 4.01. The fraction of sp³-hybridized carbons (Fsp3) is 0.375. The highest BCUT2D eigenvalue weighted by Gasteiger charge is 2.29. The Hall–Kier alpha value is -1.93. The lowest BCUT2D eigenvalue weighted by molar-refractivity contribution is -0.113. The van der Waals surface area contributed by atoms with Crippen molar-refractivity contribution < 1.29 is 9.21 Å². The van der Waals surface area contributed by atoms with E-state index in [2.05, 4.69) is 39.6 Å². The Balaban J connectivity index is 1.39. The van der Waals surface area contributed by atoms with E-state index in [-0.39, 0.29) is 11.7 Å². The van der Waals surface area contributed by atoms with E-state index in [1.54, 1.807) is 0 Å².